The maximum Gasteiger partial charge on any atom is -0.0360 e. The molecule has 0 heterocycles. The van der Waals surface area contributed by atoms with Crippen LogP contribution < -0.4 is 0 Å². The molecule has 13 heavy (non-hydrogen) atoms. The molecule has 0 amide bonds. The Balaban J connectivity index is 2.42. The van der Waals surface area contributed by atoms with Crippen molar-refractivity contribution in [1.29, 1.82) is 0 Å². The number of rotatable bonds is 3. The van der Waals surface area contributed by atoms with Crippen LogP contribution in [0, 0.1) is 29.6 Å². The largest absolute Gasteiger partial charge is 0.0628 e. The van der Waals surface area contributed by atoms with Crippen LogP contribution in [0.4, 0.5) is 0 Å². The summed E-state index contributed by atoms with van der Waals surface area (Å²) in [5.74, 6) is 4.79. The molecule has 78 valence electrons. The van der Waals surface area contributed by atoms with Crippen molar-refractivity contribution in [2.24, 2.45) is 29.6 Å². The normalized spacial score (nSPS) is 36.9. The summed E-state index contributed by atoms with van der Waals surface area (Å²) in [5.41, 5.74) is 0. The van der Waals surface area contributed by atoms with Crippen LogP contribution in [0.25, 0.3) is 0 Å². The zero-order chi connectivity index (χ0) is 10.0. The van der Waals surface area contributed by atoms with Gasteiger partial charge in [0.15, 0.2) is 0 Å². The summed E-state index contributed by atoms with van der Waals surface area (Å²) in [5, 5.41) is 0. The summed E-state index contributed by atoms with van der Waals surface area (Å²) in [6, 6.07) is 0. The Bertz CT molecular complexity index is 148. The highest BCUT2D eigenvalue weighted by atomic mass is 14.4. The van der Waals surface area contributed by atoms with E-state index in [-0.39, 0.29) is 0 Å². The third-order valence-electron chi connectivity index (χ3n) is 3.75. The van der Waals surface area contributed by atoms with Crippen LogP contribution in [-0.2, 0) is 0 Å². The standard InChI is InChI=1S/C13H26/c1-9(2)6-11(4)13-8-10(3)7-12(13)5/h9-13H,6-8H2,1-5H3. The summed E-state index contributed by atoms with van der Waals surface area (Å²) in [6.45, 7) is 12.0. The minimum Gasteiger partial charge on any atom is -0.0628 e. The lowest BCUT2D eigenvalue weighted by atomic mass is 9.81. The molecule has 0 aromatic heterocycles. The van der Waals surface area contributed by atoms with Crippen LogP contribution in [0.15, 0.2) is 0 Å². The molecule has 1 aliphatic carbocycles. The van der Waals surface area contributed by atoms with Crippen molar-refractivity contribution in [3.05, 3.63) is 0 Å². The molecule has 0 spiro atoms. The van der Waals surface area contributed by atoms with Gasteiger partial charge < -0.3 is 0 Å². The van der Waals surface area contributed by atoms with Crippen molar-refractivity contribution in [1.82, 2.24) is 0 Å². The maximum atomic E-state index is 2.46. The van der Waals surface area contributed by atoms with Crippen LogP contribution in [-0.4, -0.2) is 0 Å². The fourth-order valence-corrected chi connectivity index (χ4v) is 3.31. The van der Waals surface area contributed by atoms with E-state index in [4.69, 9.17) is 0 Å². The highest BCUT2D eigenvalue weighted by Gasteiger charge is 2.32. The highest BCUT2D eigenvalue weighted by molar-refractivity contribution is 4.82. The summed E-state index contributed by atoms with van der Waals surface area (Å²) in [6.07, 6.45) is 4.36. The lowest BCUT2D eigenvalue weighted by molar-refractivity contribution is 0.255. The Labute approximate surface area is 84.1 Å². The Kier molecular flexibility index (Phi) is 3.82. The van der Waals surface area contributed by atoms with E-state index in [1.165, 1.54) is 19.3 Å². The third kappa shape index (κ3) is 3.00. The van der Waals surface area contributed by atoms with Gasteiger partial charge in [-0.25, -0.2) is 0 Å². The number of hydrogen-bond acceptors (Lipinski definition) is 0. The Hall–Kier alpha value is 0. The van der Waals surface area contributed by atoms with Gasteiger partial charge in [-0.3, -0.25) is 0 Å². The molecule has 0 aromatic rings. The first-order chi connectivity index (χ1) is 6.00. The van der Waals surface area contributed by atoms with E-state index in [0.29, 0.717) is 0 Å². The number of hydrogen-bond donors (Lipinski definition) is 0. The lowest BCUT2D eigenvalue weighted by Crippen LogP contribution is -2.16. The van der Waals surface area contributed by atoms with E-state index in [2.05, 4.69) is 34.6 Å². The fourth-order valence-electron chi connectivity index (χ4n) is 3.31. The van der Waals surface area contributed by atoms with Gasteiger partial charge in [0.25, 0.3) is 0 Å². The van der Waals surface area contributed by atoms with Gasteiger partial charge in [0.05, 0.1) is 0 Å². The second kappa shape index (κ2) is 4.48. The molecule has 0 nitrogen and oxygen atoms in total. The average Bonchev–Trinajstić information content (AvgIpc) is 2.28. The van der Waals surface area contributed by atoms with Gasteiger partial charge in [-0.2, -0.15) is 0 Å². The molecular weight excluding hydrogens is 156 g/mol. The van der Waals surface area contributed by atoms with E-state index in [1.54, 1.807) is 0 Å². The third-order valence-corrected chi connectivity index (χ3v) is 3.75. The van der Waals surface area contributed by atoms with E-state index in [1.807, 2.05) is 0 Å². The van der Waals surface area contributed by atoms with Crippen molar-refractivity contribution >= 4 is 0 Å². The van der Waals surface area contributed by atoms with Crippen LogP contribution in [0.5, 0.6) is 0 Å². The summed E-state index contributed by atoms with van der Waals surface area (Å²) < 4.78 is 0. The van der Waals surface area contributed by atoms with Crippen molar-refractivity contribution in [3.63, 3.8) is 0 Å². The van der Waals surface area contributed by atoms with Gasteiger partial charge in [0.2, 0.25) is 0 Å². The topological polar surface area (TPSA) is 0 Å². The van der Waals surface area contributed by atoms with Crippen LogP contribution in [0.2, 0.25) is 0 Å². The zero-order valence-electron chi connectivity index (χ0n) is 10.0. The Morgan fingerprint density at radius 3 is 2.08 bits per heavy atom. The molecule has 0 heteroatoms. The molecule has 1 fully saturated rings. The quantitative estimate of drug-likeness (QED) is 0.608. The molecule has 4 atom stereocenters. The summed E-state index contributed by atoms with van der Waals surface area (Å²) >= 11 is 0. The first-order valence-electron chi connectivity index (χ1n) is 6.00. The second-order valence-electron chi connectivity index (χ2n) is 5.82. The van der Waals surface area contributed by atoms with Gasteiger partial charge in [-0.05, 0) is 48.9 Å². The van der Waals surface area contributed by atoms with Gasteiger partial charge in [-0.1, -0.05) is 34.6 Å². The monoisotopic (exact) mass is 182 g/mol. The van der Waals surface area contributed by atoms with Crippen LogP contribution in [0.3, 0.4) is 0 Å². The van der Waals surface area contributed by atoms with Gasteiger partial charge in [0.1, 0.15) is 0 Å². The lowest BCUT2D eigenvalue weighted by Gasteiger charge is -2.24. The van der Waals surface area contributed by atoms with E-state index in [9.17, 15) is 0 Å². The first kappa shape index (κ1) is 11.1. The first-order valence-corrected chi connectivity index (χ1v) is 6.00. The van der Waals surface area contributed by atoms with Crippen LogP contribution in [0.1, 0.15) is 53.9 Å². The molecule has 4 unspecified atom stereocenters. The van der Waals surface area contributed by atoms with Crippen molar-refractivity contribution in [3.8, 4) is 0 Å². The SMILES string of the molecule is CC(C)CC(C)C1CC(C)CC1C. The molecule has 1 saturated carbocycles. The molecule has 1 rings (SSSR count). The average molecular weight is 182 g/mol. The molecule has 0 saturated heterocycles. The smallest absolute Gasteiger partial charge is 0.0360 e. The minimum absolute atomic E-state index is 0.873. The van der Waals surface area contributed by atoms with Crippen LogP contribution >= 0.6 is 0 Å². The fraction of sp³-hybridized carbons (Fsp3) is 1.00. The molecule has 0 bridgehead atoms. The van der Waals surface area contributed by atoms with E-state index in [0.717, 1.165) is 29.6 Å². The summed E-state index contributed by atoms with van der Waals surface area (Å²) in [7, 11) is 0. The van der Waals surface area contributed by atoms with Crippen molar-refractivity contribution in [2.45, 2.75) is 53.9 Å². The molecule has 0 N–H and O–H groups in total. The van der Waals surface area contributed by atoms with E-state index >= 15 is 0 Å². The zero-order valence-corrected chi connectivity index (χ0v) is 10.0. The predicted octanol–water partition coefficient (Wildman–Crippen LogP) is 4.35. The highest BCUT2D eigenvalue weighted by Crippen LogP contribution is 2.41. The Morgan fingerprint density at radius 2 is 1.69 bits per heavy atom. The maximum absolute atomic E-state index is 2.46. The molecule has 1 aliphatic rings. The minimum atomic E-state index is 0.873. The Morgan fingerprint density at radius 1 is 1.08 bits per heavy atom. The van der Waals surface area contributed by atoms with Gasteiger partial charge in [0, 0.05) is 0 Å². The molecular formula is C13H26. The predicted molar refractivity (Wildman–Crippen MR) is 59.7 cm³/mol. The van der Waals surface area contributed by atoms with Crippen molar-refractivity contribution < 1.29 is 0 Å². The molecule has 0 aliphatic heterocycles. The van der Waals surface area contributed by atoms with Crippen molar-refractivity contribution in [2.75, 3.05) is 0 Å². The second-order valence-corrected chi connectivity index (χ2v) is 5.82. The van der Waals surface area contributed by atoms with Gasteiger partial charge >= 0.3 is 0 Å². The molecule has 0 aromatic carbocycles. The summed E-state index contributed by atoms with van der Waals surface area (Å²) in [4.78, 5) is 0. The molecule has 0 radical (unpaired) electrons. The van der Waals surface area contributed by atoms with Gasteiger partial charge in [-0.15, -0.1) is 0 Å². The van der Waals surface area contributed by atoms with E-state index < -0.39 is 0 Å².